The molecule has 0 aromatic heterocycles. The molecule has 1 aliphatic rings. The standard InChI is InChI=1S/C13H14ClN2O4/c14-10-1-2-11(16(20)8-17)12(7-10)15-5-3-9(4-6-15)13(18)19/h1-2,7-9H,3-6H2,(H,18,19)/q-1. The van der Waals surface area contributed by atoms with Gasteiger partial charge in [0, 0.05) is 18.1 Å². The Morgan fingerprint density at radius 2 is 2.10 bits per heavy atom. The van der Waals surface area contributed by atoms with E-state index in [4.69, 9.17) is 16.7 Å². The number of rotatable bonds is 4. The average molecular weight is 298 g/mol. The number of piperidine rings is 1. The molecule has 6 nitrogen and oxygen atoms in total. The molecule has 1 N–H and O–H groups in total. The van der Waals surface area contributed by atoms with Crippen LogP contribution in [0.1, 0.15) is 12.8 Å². The highest BCUT2D eigenvalue weighted by Gasteiger charge is 2.25. The first-order valence-corrected chi connectivity index (χ1v) is 6.59. The lowest BCUT2D eigenvalue weighted by Crippen LogP contribution is -2.37. The minimum absolute atomic E-state index is 0.191. The molecule has 0 spiro atoms. The van der Waals surface area contributed by atoms with Gasteiger partial charge >= 0.3 is 5.97 Å². The summed E-state index contributed by atoms with van der Waals surface area (Å²) in [5.74, 6) is -1.15. The van der Waals surface area contributed by atoms with Crippen molar-refractivity contribution in [3.8, 4) is 0 Å². The van der Waals surface area contributed by atoms with Gasteiger partial charge in [0.1, 0.15) is 0 Å². The first kappa shape index (κ1) is 14.6. The number of hydrogen-bond acceptors (Lipinski definition) is 4. The lowest BCUT2D eigenvalue weighted by atomic mass is 9.96. The molecular formula is C13H14ClN2O4-. The number of hydrogen-bond donors (Lipinski definition) is 1. The van der Waals surface area contributed by atoms with Crippen molar-refractivity contribution in [1.82, 2.24) is 0 Å². The smallest absolute Gasteiger partial charge is 0.306 e. The van der Waals surface area contributed by atoms with Gasteiger partial charge in [-0.2, -0.15) is 0 Å². The molecule has 1 fully saturated rings. The highest BCUT2D eigenvalue weighted by Crippen LogP contribution is 2.34. The lowest BCUT2D eigenvalue weighted by Gasteiger charge is -2.36. The molecule has 0 radical (unpaired) electrons. The minimum Gasteiger partial charge on any atom is -0.752 e. The molecular weight excluding hydrogens is 284 g/mol. The van der Waals surface area contributed by atoms with E-state index in [0.29, 0.717) is 36.6 Å². The van der Waals surface area contributed by atoms with Crippen molar-refractivity contribution < 1.29 is 14.7 Å². The van der Waals surface area contributed by atoms with Gasteiger partial charge in [0.05, 0.1) is 17.3 Å². The summed E-state index contributed by atoms with van der Waals surface area (Å²) in [6.45, 7) is 1.02. The van der Waals surface area contributed by atoms with Gasteiger partial charge in [0.15, 0.2) is 0 Å². The second kappa shape index (κ2) is 6.11. The number of carboxylic acids is 1. The Labute approximate surface area is 121 Å². The molecule has 0 unspecified atom stereocenters. The summed E-state index contributed by atoms with van der Waals surface area (Å²) >= 11 is 5.93. The Morgan fingerprint density at radius 1 is 1.45 bits per heavy atom. The predicted octanol–water partition coefficient (Wildman–Crippen LogP) is 2.10. The summed E-state index contributed by atoms with van der Waals surface area (Å²) in [6, 6.07) is 4.65. The maximum absolute atomic E-state index is 11.5. The number of carbonyl (C=O) groups is 2. The number of anilines is 2. The van der Waals surface area contributed by atoms with Crippen LogP contribution in [-0.4, -0.2) is 30.6 Å². The van der Waals surface area contributed by atoms with E-state index in [9.17, 15) is 14.8 Å². The Kier molecular flexibility index (Phi) is 4.46. The predicted molar refractivity (Wildman–Crippen MR) is 75.9 cm³/mol. The Hall–Kier alpha value is -1.79. The summed E-state index contributed by atoms with van der Waals surface area (Å²) in [5, 5.41) is 21.2. The van der Waals surface area contributed by atoms with E-state index in [2.05, 4.69) is 0 Å². The number of benzene rings is 1. The summed E-state index contributed by atoms with van der Waals surface area (Å²) < 4.78 is 0. The summed E-state index contributed by atoms with van der Waals surface area (Å²) in [5.41, 5.74) is 0.779. The first-order chi connectivity index (χ1) is 9.52. The third-order valence-corrected chi connectivity index (χ3v) is 3.69. The monoisotopic (exact) mass is 297 g/mol. The third-order valence-electron chi connectivity index (χ3n) is 3.46. The summed E-state index contributed by atoms with van der Waals surface area (Å²) in [4.78, 5) is 23.5. The highest BCUT2D eigenvalue weighted by molar-refractivity contribution is 6.31. The summed E-state index contributed by atoms with van der Waals surface area (Å²) in [7, 11) is 0. The fourth-order valence-corrected chi connectivity index (χ4v) is 2.53. The van der Waals surface area contributed by atoms with Gasteiger partial charge in [-0.1, -0.05) is 11.6 Å². The number of aliphatic carboxylic acids is 1. The van der Waals surface area contributed by atoms with Crippen LogP contribution in [0, 0.1) is 11.1 Å². The maximum Gasteiger partial charge on any atom is 0.306 e. The first-order valence-electron chi connectivity index (χ1n) is 6.22. The molecule has 1 saturated heterocycles. The van der Waals surface area contributed by atoms with Crippen molar-refractivity contribution in [2.75, 3.05) is 23.1 Å². The SMILES string of the molecule is O=CN([O-])c1ccc(Cl)cc1N1CCC(C(=O)O)CC1. The molecule has 0 bridgehead atoms. The number of carbonyl (C=O) groups excluding carboxylic acids is 1. The molecule has 0 saturated carbocycles. The van der Waals surface area contributed by atoms with Crippen LogP contribution in [0.5, 0.6) is 0 Å². The largest absolute Gasteiger partial charge is 0.752 e. The van der Waals surface area contributed by atoms with Crippen molar-refractivity contribution in [1.29, 1.82) is 0 Å². The van der Waals surface area contributed by atoms with Gasteiger partial charge in [0.25, 0.3) is 0 Å². The van der Waals surface area contributed by atoms with Crippen molar-refractivity contribution in [2.45, 2.75) is 12.8 Å². The molecule has 2 rings (SSSR count). The van der Waals surface area contributed by atoms with Gasteiger partial charge in [-0.15, -0.1) is 0 Å². The Morgan fingerprint density at radius 3 is 2.65 bits per heavy atom. The normalized spacial score (nSPS) is 16.0. The topological polar surface area (TPSA) is 83.9 Å². The number of hydroxylamine groups is 1. The van der Waals surface area contributed by atoms with Crippen molar-refractivity contribution >= 4 is 35.4 Å². The zero-order valence-electron chi connectivity index (χ0n) is 10.7. The maximum atomic E-state index is 11.5. The fourth-order valence-electron chi connectivity index (χ4n) is 2.36. The van der Waals surface area contributed by atoms with E-state index in [0.717, 1.165) is 0 Å². The molecule has 1 aromatic carbocycles. The number of amides is 1. The second-order valence-electron chi connectivity index (χ2n) is 4.66. The van der Waals surface area contributed by atoms with Crippen LogP contribution < -0.4 is 9.96 Å². The Balaban J connectivity index is 2.22. The molecule has 1 aromatic rings. The molecule has 1 amide bonds. The molecule has 7 heteroatoms. The molecule has 0 aliphatic carbocycles. The van der Waals surface area contributed by atoms with Gasteiger partial charge in [-0.3, -0.25) is 9.59 Å². The van der Waals surface area contributed by atoms with Crippen LogP contribution in [0.4, 0.5) is 11.4 Å². The summed E-state index contributed by atoms with van der Waals surface area (Å²) in [6.07, 6.45) is 1.19. The van der Waals surface area contributed by atoms with Gasteiger partial charge < -0.3 is 20.3 Å². The van der Waals surface area contributed by atoms with Crippen LogP contribution in [0.3, 0.4) is 0 Å². The van der Waals surface area contributed by atoms with Gasteiger partial charge in [-0.05, 0) is 31.0 Å². The number of nitrogens with zero attached hydrogens (tertiary/aromatic N) is 2. The average Bonchev–Trinajstić information content (AvgIpc) is 2.46. The Bertz CT molecular complexity index is 515. The van der Waals surface area contributed by atoms with E-state index in [1.165, 1.54) is 6.07 Å². The second-order valence-corrected chi connectivity index (χ2v) is 5.10. The molecule has 20 heavy (non-hydrogen) atoms. The highest BCUT2D eigenvalue weighted by atomic mass is 35.5. The van der Waals surface area contributed by atoms with E-state index in [1.54, 1.807) is 12.1 Å². The fraction of sp³-hybridized carbons (Fsp3) is 0.385. The van der Waals surface area contributed by atoms with Crippen LogP contribution >= 0.6 is 11.6 Å². The van der Waals surface area contributed by atoms with E-state index in [1.807, 2.05) is 4.90 Å². The van der Waals surface area contributed by atoms with Gasteiger partial charge in [-0.25, -0.2) is 0 Å². The van der Waals surface area contributed by atoms with E-state index in [-0.39, 0.29) is 23.1 Å². The van der Waals surface area contributed by atoms with E-state index < -0.39 is 5.97 Å². The lowest BCUT2D eigenvalue weighted by molar-refractivity contribution is -0.142. The van der Waals surface area contributed by atoms with Crippen molar-refractivity contribution in [3.63, 3.8) is 0 Å². The van der Waals surface area contributed by atoms with Crippen molar-refractivity contribution in [2.24, 2.45) is 5.92 Å². The zero-order chi connectivity index (χ0) is 14.7. The molecule has 1 aliphatic heterocycles. The number of carboxylic acid groups (broad SMARTS) is 1. The molecule has 0 atom stereocenters. The van der Waals surface area contributed by atoms with Crippen LogP contribution in [0.2, 0.25) is 5.02 Å². The molecule has 1 heterocycles. The van der Waals surface area contributed by atoms with Crippen LogP contribution in [-0.2, 0) is 9.59 Å². The third kappa shape index (κ3) is 3.02. The van der Waals surface area contributed by atoms with Crippen molar-refractivity contribution in [3.05, 3.63) is 28.4 Å². The van der Waals surface area contributed by atoms with Crippen LogP contribution in [0.15, 0.2) is 18.2 Å². The van der Waals surface area contributed by atoms with Crippen LogP contribution in [0.25, 0.3) is 0 Å². The quantitative estimate of drug-likeness (QED) is 0.679. The van der Waals surface area contributed by atoms with Gasteiger partial charge in [0.2, 0.25) is 6.41 Å². The number of halogens is 1. The van der Waals surface area contributed by atoms with E-state index >= 15 is 0 Å². The minimum atomic E-state index is -0.797. The molecule has 108 valence electrons. The zero-order valence-corrected chi connectivity index (χ0v) is 11.4.